The van der Waals surface area contributed by atoms with E-state index in [1.165, 1.54) is 11.1 Å². The lowest BCUT2D eigenvalue weighted by atomic mass is 9.78. The average Bonchev–Trinajstić information content (AvgIpc) is 3.68. The molecule has 0 radical (unpaired) electrons. The molecular formula is C37H38N4O. The van der Waals surface area contributed by atoms with Gasteiger partial charge in [-0.3, -0.25) is 0 Å². The van der Waals surface area contributed by atoms with Gasteiger partial charge in [0.15, 0.2) is 0 Å². The van der Waals surface area contributed by atoms with Crippen LogP contribution < -0.4 is 9.64 Å². The van der Waals surface area contributed by atoms with E-state index in [1.54, 1.807) is 0 Å². The summed E-state index contributed by atoms with van der Waals surface area (Å²) >= 11 is 0. The predicted octanol–water partition coefficient (Wildman–Crippen LogP) is 8.50. The first-order valence-corrected chi connectivity index (χ1v) is 14.5. The minimum Gasteiger partial charge on any atom is -0.457 e. The van der Waals surface area contributed by atoms with Crippen molar-refractivity contribution in [3.63, 3.8) is 0 Å². The molecule has 0 N–H and O–H groups in total. The Balaban J connectivity index is 1.39. The summed E-state index contributed by atoms with van der Waals surface area (Å²) in [6, 6.07) is 35.9. The van der Waals surface area contributed by atoms with Gasteiger partial charge in [0.25, 0.3) is 0 Å². The van der Waals surface area contributed by atoms with Crippen LogP contribution in [0.25, 0.3) is 5.69 Å². The number of rotatable bonds is 8. The molecule has 2 heterocycles. The van der Waals surface area contributed by atoms with Gasteiger partial charge >= 0.3 is 0 Å². The molecule has 1 aromatic heterocycles. The van der Waals surface area contributed by atoms with E-state index in [0.29, 0.717) is 0 Å². The topological polar surface area (TPSA) is 33.5 Å². The first-order valence-electron chi connectivity index (χ1n) is 14.5. The molecule has 4 aromatic carbocycles. The second kappa shape index (κ2) is 10.9. The van der Waals surface area contributed by atoms with E-state index in [-0.39, 0.29) is 10.8 Å². The van der Waals surface area contributed by atoms with Crippen molar-refractivity contribution in [2.75, 3.05) is 18.6 Å². The minimum absolute atomic E-state index is 0.182. The van der Waals surface area contributed by atoms with Crippen molar-refractivity contribution in [1.82, 2.24) is 14.7 Å². The normalized spacial score (nSPS) is 13.5. The van der Waals surface area contributed by atoms with Crippen LogP contribution in [-0.4, -0.2) is 28.4 Å². The maximum absolute atomic E-state index is 6.58. The van der Waals surface area contributed by atoms with Crippen LogP contribution in [0.4, 0.5) is 5.69 Å². The molecule has 212 valence electrons. The lowest BCUT2D eigenvalue weighted by Crippen LogP contribution is -2.21. The summed E-state index contributed by atoms with van der Waals surface area (Å²) < 4.78 is 8.55. The largest absolute Gasteiger partial charge is 0.457 e. The van der Waals surface area contributed by atoms with E-state index in [9.17, 15) is 0 Å². The van der Waals surface area contributed by atoms with Gasteiger partial charge in [-0.05, 0) is 41.0 Å². The number of anilines is 1. The predicted molar refractivity (Wildman–Crippen MR) is 171 cm³/mol. The summed E-state index contributed by atoms with van der Waals surface area (Å²) in [6.45, 7) is 9.82. The van der Waals surface area contributed by atoms with Gasteiger partial charge in [-0.25, -0.2) is 4.68 Å². The third kappa shape index (κ3) is 5.42. The Bertz CT molecular complexity index is 1700. The smallest absolute Gasteiger partial charge is 0.129 e. The van der Waals surface area contributed by atoms with Crippen LogP contribution in [0.3, 0.4) is 0 Å². The molecule has 1 aliphatic heterocycles. The fourth-order valence-electron chi connectivity index (χ4n) is 5.52. The van der Waals surface area contributed by atoms with Crippen LogP contribution in [0, 0.1) is 0 Å². The van der Waals surface area contributed by atoms with Crippen molar-refractivity contribution in [3.05, 3.63) is 150 Å². The maximum Gasteiger partial charge on any atom is 0.129 e. The highest BCUT2D eigenvalue weighted by atomic mass is 16.5. The zero-order valence-corrected chi connectivity index (χ0v) is 25.0. The number of hydrogen-bond donors (Lipinski definition) is 0. The van der Waals surface area contributed by atoms with Crippen LogP contribution in [-0.2, 0) is 10.8 Å². The second-order valence-electron chi connectivity index (χ2n) is 12.1. The van der Waals surface area contributed by atoms with Crippen molar-refractivity contribution >= 4 is 5.69 Å². The average molecular weight is 555 g/mol. The molecule has 0 amide bonds. The number of ether oxygens (including phenoxy) is 1. The lowest BCUT2D eigenvalue weighted by Gasteiger charge is -2.27. The molecule has 0 bridgehead atoms. The van der Waals surface area contributed by atoms with Gasteiger partial charge < -0.3 is 14.5 Å². The summed E-state index contributed by atoms with van der Waals surface area (Å²) in [5.41, 5.74) is 6.43. The summed E-state index contributed by atoms with van der Waals surface area (Å²) in [5, 5.41) is 4.84. The molecule has 6 rings (SSSR count). The number of benzene rings is 4. The Hall–Kier alpha value is -4.77. The van der Waals surface area contributed by atoms with Crippen LogP contribution >= 0.6 is 0 Å². The van der Waals surface area contributed by atoms with Crippen LogP contribution in [0.1, 0.15) is 49.9 Å². The van der Waals surface area contributed by atoms with Gasteiger partial charge in [0.05, 0.1) is 18.6 Å². The van der Waals surface area contributed by atoms with Crippen molar-refractivity contribution in [3.8, 4) is 17.2 Å². The monoisotopic (exact) mass is 554 g/mol. The maximum atomic E-state index is 6.58. The molecule has 42 heavy (non-hydrogen) atoms. The van der Waals surface area contributed by atoms with E-state index < -0.39 is 0 Å². The molecule has 0 saturated heterocycles. The zero-order valence-electron chi connectivity index (χ0n) is 25.0. The first-order chi connectivity index (χ1) is 20.2. The third-order valence-corrected chi connectivity index (χ3v) is 8.43. The molecule has 5 aromatic rings. The molecular weight excluding hydrogens is 516 g/mol. The van der Waals surface area contributed by atoms with Crippen LogP contribution in [0.2, 0.25) is 0 Å². The Labute approximate surface area is 249 Å². The highest BCUT2D eigenvalue weighted by Gasteiger charge is 2.27. The fourth-order valence-corrected chi connectivity index (χ4v) is 5.52. The van der Waals surface area contributed by atoms with Gasteiger partial charge in [-0.2, -0.15) is 5.10 Å². The molecule has 0 unspecified atom stereocenters. The molecule has 1 aliphatic rings. The second-order valence-corrected chi connectivity index (χ2v) is 12.1. The summed E-state index contributed by atoms with van der Waals surface area (Å²) in [5.74, 6) is 1.57. The van der Waals surface area contributed by atoms with Crippen molar-refractivity contribution in [1.29, 1.82) is 0 Å². The Morgan fingerprint density at radius 1 is 0.619 bits per heavy atom. The standard InChI is InChI=1S/C37H38N4O/c1-36(2,28-13-8-6-9-14-28)30-21-33(41-26-31(25-38-41)37(3,4)29-15-10-7-11-16-29)24-35(22-30)42-34-18-12-17-32(23-34)40-20-19-39(5)27-40/h6-26H,27H2,1-5H3. The quantitative estimate of drug-likeness (QED) is 0.193. The molecule has 5 heteroatoms. The fraction of sp³-hybridized carbons (Fsp3) is 0.216. The van der Waals surface area contributed by atoms with Crippen molar-refractivity contribution in [2.24, 2.45) is 0 Å². The van der Waals surface area contributed by atoms with Gasteiger partial charge in [-0.15, -0.1) is 0 Å². The van der Waals surface area contributed by atoms with E-state index in [2.05, 4.69) is 154 Å². The molecule has 0 fully saturated rings. The highest BCUT2D eigenvalue weighted by molar-refractivity contribution is 5.56. The molecule has 0 spiro atoms. The molecule has 0 atom stereocenters. The van der Waals surface area contributed by atoms with E-state index >= 15 is 0 Å². The Morgan fingerprint density at radius 3 is 1.90 bits per heavy atom. The summed E-state index contributed by atoms with van der Waals surface area (Å²) in [4.78, 5) is 4.35. The van der Waals surface area contributed by atoms with Gasteiger partial charge in [0.1, 0.15) is 11.5 Å². The summed E-state index contributed by atoms with van der Waals surface area (Å²) in [6.07, 6.45) is 8.29. The zero-order chi connectivity index (χ0) is 29.3. The molecule has 0 aliphatic carbocycles. The Kier molecular flexibility index (Phi) is 7.11. The third-order valence-electron chi connectivity index (χ3n) is 8.43. The molecule has 5 nitrogen and oxygen atoms in total. The Morgan fingerprint density at radius 2 is 1.26 bits per heavy atom. The SMILES string of the molecule is CN1C=CN(c2cccc(Oc3cc(-n4cc(C(C)(C)c5ccccc5)cn4)cc(C(C)(C)c4ccccc4)c3)c2)C1. The van der Waals surface area contributed by atoms with Crippen molar-refractivity contribution < 1.29 is 4.74 Å². The highest BCUT2D eigenvalue weighted by Crippen LogP contribution is 2.38. The van der Waals surface area contributed by atoms with Crippen LogP contribution in [0.5, 0.6) is 11.5 Å². The van der Waals surface area contributed by atoms with Crippen molar-refractivity contribution in [2.45, 2.75) is 38.5 Å². The van der Waals surface area contributed by atoms with Gasteiger partial charge in [0.2, 0.25) is 0 Å². The van der Waals surface area contributed by atoms with E-state index in [0.717, 1.165) is 40.7 Å². The summed E-state index contributed by atoms with van der Waals surface area (Å²) in [7, 11) is 2.07. The number of nitrogens with zero attached hydrogens (tertiary/aromatic N) is 4. The first kappa shape index (κ1) is 27.4. The van der Waals surface area contributed by atoms with Crippen LogP contribution in [0.15, 0.2) is 128 Å². The number of hydrogen-bond acceptors (Lipinski definition) is 4. The molecule has 0 saturated carbocycles. The van der Waals surface area contributed by atoms with Gasteiger partial charge in [0, 0.05) is 59.9 Å². The number of aromatic nitrogens is 2. The van der Waals surface area contributed by atoms with E-state index in [1.807, 2.05) is 23.0 Å². The van der Waals surface area contributed by atoms with Gasteiger partial charge in [-0.1, -0.05) is 94.4 Å². The van der Waals surface area contributed by atoms with E-state index in [4.69, 9.17) is 9.84 Å². The lowest BCUT2D eigenvalue weighted by molar-refractivity contribution is 0.477. The minimum atomic E-state index is -0.249.